The van der Waals surface area contributed by atoms with Gasteiger partial charge in [-0.25, -0.2) is 4.79 Å². The molecule has 1 amide bonds. The maximum absolute atomic E-state index is 12.9. The number of aliphatic hydroxyl groups is 1. The zero-order valence-corrected chi connectivity index (χ0v) is 19.8. The molecule has 0 aliphatic carbocycles. The Morgan fingerprint density at radius 2 is 1.73 bits per heavy atom. The number of ether oxygens (including phenoxy) is 2. The van der Waals surface area contributed by atoms with Crippen molar-refractivity contribution in [2.75, 3.05) is 6.61 Å². The standard InChI is InChI=1S/C24H29ClF3NO4/c1-22(2,3)33-21(31)29-23(4,15-30)12-6-7-16-10-11-19(14-20(16)25)32-18-9-5-8-17(13-18)24(26,27)28/h5,8-11,13-14,30H,6-7,12,15H2,1-4H3,(H,29,31). The predicted molar refractivity (Wildman–Crippen MR) is 121 cm³/mol. The van der Waals surface area contributed by atoms with E-state index in [0.29, 0.717) is 30.0 Å². The minimum atomic E-state index is -4.46. The summed E-state index contributed by atoms with van der Waals surface area (Å²) >= 11 is 6.34. The van der Waals surface area contributed by atoms with E-state index in [0.717, 1.165) is 17.7 Å². The van der Waals surface area contributed by atoms with E-state index in [1.807, 2.05) is 0 Å². The molecule has 182 valence electrons. The third-order valence-electron chi connectivity index (χ3n) is 4.75. The molecule has 0 radical (unpaired) electrons. The third kappa shape index (κ3) is 8.78. The molecule has 2 aromatic rings. The lowest BCUT2D eigenvalue weighted by Gasteiger charge is -2.30. The number of carbonyl (C=O) groups excluding carboxylic acids is 1. The van der Waals surface area contributed by atoms with E-state index in [-0.39, 0.29) is 12.4 Å². The van der Waals surface area contributed by atoms with Crippen molar-refractivity contribution < 1.29 is 32.5 Å². The monoisotopic (exact) mass is 487 g/mol. The summed E-state index contributed by atoms with van der Waals surface area (Å²) in [6, 6.07) is 9.52. The van der Waals surface area contributed by atoms with Crippen LogP contribution in [-0.4, -0.2) is 28.9 Å². The van der Waals surface area contributed by atoms with E-state index in [4.69, 9.17) is 21.1 Å². The van der Waals surface area contributed by atoms with Gasteiger partial charge in [-0.15, -0.1) is 0 Å². The maximum atomic E-state index is 12.9. The highest BCUT2D eigenvalue weighted by Gasteiger charge is 2.31. The van der Waals surface area contributed by atoms with Crippen LogP contribution < -0.4 is 10.1 Å². The van der Waals surface area contributed by atoms with Gasteiger partial charge in [-0.3, -0.25) is 0 Å². The smallest absolute Gasteiger partial charge is 0.416 e. The van der Waals surface area contributed by atoms with Gasteiger partial charge in [-0.2, -0.15) is 13.2 Å². The molecule has 0 aliphatic rings. The summed E-state index contributed by atoms with van der Waals surface area (Å²) in [6.45, 7) is 6.73. The number of amides is 1. The second-order valence-corrected chi connectivity index (χ2v) is 9.49. The molecule has 1 unspecified atom stereocenters. The lowest BCUT2D eigenvalue weighted by Crippen LogP contribution is -2.50. The molecule has 33 heavy (non-hydrogen) atoms. The summed E-state index contributed by atoms with van der Waals surface area (Å²) in [7, 11) is 0. The molecule has 0 saturated heterocycles. The van der Waals surface area contributed by atoms with Gasteiger partial charge < -0.3 is 19.9 Å². The van der Waals surface area contributed by atoms with Crippen LogP contribution in [0.4, 0.5) is 18.0 Å². The topological polar surface area (TPSA) is 67.8 Å². The number of rotatable bonds is 8. The van der Waals surface area contributed by atoms with Crippen LogP contribution in [0.2, 0.25) is 5.02 Å². The van der Waals surface area contributed by atoms with Gasteiger partial charge in [0.1, 0.15) is 17.1 Å². The molecule has 0 heterocycles. The number of nitrogens with one attached hydrogen (secondary N) is 1. The van der Waals surface area contributed by atoms with Crippen LogP contribution in [-0.2, 0) is 17.3 Å². The molecule has 0 spiro atoms. The van der Waals surface area contributed by atoms with Crippen molar-refractivity contribution in [3.63, 3.8) is 0 Å². The van der Waals surface area contributed by atoms with Gasteiger partial charge in [0.15, 0.2) is 0 Å². The number of halogens is 4. The largest absolute Gasteiger partial charge is 0.457 e. The molecule has 5 nitrogen and oxygen atoms in total. The lowest BCUT2D eigenvalue weighted by atomic mass is 9.94. The first-order valence-electron chi connectivity index (χ1n) is 10.5. The Morgan fingerprint density at radius 1 is 1.06 bits per heavy atom. The molecule has 0 aromatic heterocycles. The van der Waals surface area contributed by atoms with Crippen LogP contribution in [0.1, 0.15) is 51.7 Å². The van der Waals surface area contributed by atoms with Crippen molar-refractivity contribution >= 4 is 17.7 Å². The molecular weight excluding hydrogens is 459 g/mol. The summed E-state index contributed by atoms with van der Waals surface area (Å²) in [5.74, 6) is 0.371. The molecule has 2 rings (SSSR count). The van der Waals surface area contributed by atoms with Crippen LogP contribution in [0.5, 0.6) is 11.5 Å². The summed E-state index contributed by atoms with van der Waals surface area (Å²) in [5.41, 5.74) is -1.49. The number of aryl methyl sites for hydroxylation is 1. The molecule has 2 N–H and O–H groups in total. The molecule has 0 aliphatic heterocycles. The van der Waals surface area contributed by atoms with Crippen LogP contribution in [0, 0.1) is 0 Å². The Morgan fingerprint density at radius 3 is 2.30 bits per heavy atom. The molecule has 0 fully saturated rings. The van der Waals surface area contributed by atoms with E-state index < -0.39 is 29.0 Å². The van der Waals surface area contributed by atoms with Crippen LogP contribution in [0.15, 0.2) is 42.5 Å². The zero-order chi connectivity index (χ0) is 24.9. The summed E-state index contributed by atoms with van der Waals surface area (Å²) in [6.07, 6.45) is -3.41. The fraction of sp³-hybridized carbons (Fsp3) is 0.458. The number of alkyl carbamates (subject to hydrolysis) is 1. The molecular formula is C24H29ClF3NO4. The molecule has 0 bridgehead atoms. The maximum Gasteiger partial charge on any atom is 0.416 e. The van der Waals surface area contributed by atoms with Crippen LogP contribution in [0.25, 0.3) is 0 Å². The van der Waals surface area contributed by atoms with E-state index in [1.54, 1.807) is 45.9 Å². The van der Waals surface area contributed by atoms with Gasteiger partial charge in [0, 0.05) is 5.02 Å². The molecule has 1 atom stereocenters. The van der Waals surface area contributed by atoms with E-state index >= 15 is 0 Å². The van der Waals surface area contributed by atoms with Crippen LogP contribution >= 0.6 is 11.6 Å². The SMILES string of the molecule is CC(CO)(CCCc1ccc(Oc2cccc(C(F)(F)F)c2)cc1Cl)NC(=O)OC(C)(C)C. The van der Waals surface area contributed by atoms with E-state index in [2.05, 4.69) is 5.32 Å². The minimum Gasteiger partial charge on any atom is -0.457 e. The average molecular weight is 488 g/mol. The van der Waals surface area contributed by atoms with E-state index in [9.17, 15) is 23.1 Å². The van der Waals surface area contributed by atoms with Crippen molar-refractivity contribution in [2.45, 2.75) is 64.3 Å². The highest BCUT2D eigenvalue weighted by molar-refractivity contribution is 6.31. The molecule has 2 aromatic carbocycles. The molecule has 0 saturated carbocycles. The number of carbonyl (C=O) groups is 1. The van der Waals surface area contributed by atoms with Gasteiger partial charge in [0.2, 0.25) is 0 Å². The van der Waals surface area contributed by atoms with Crippen molar-refractivity contribution in [1.29, 1.82) is 0 Å². The second-order valence-electron chi connectivity index (χ2n) is 9.08. The van der Waals surface area contributed by atoms with Gasteiger partial charge in [-0.05, 0) is 82.9 Å². The average Bonchev–Trinajstić information content (AvgIpc) is 2.67. The number of hydrogen-bond donors (Lipinski definition) is 2. The number of hydrogen-bond acceptors (Lipinski definition) is 4. The number of benzene rings is 2. The number of aliphatic hydroxyl groups excluding tert-OH is 1. The lowest BCUT2D eigenvalue weighted by molar-refractivity contribution is -0.137. The summed E-state index contributed by atoms with van der Waals surface area (Å²) in [5, 5.41) is 12.9. The normalized spacial score (nSPS) is 13.8. The first-order chi connectivity index (χ1) is 15.2. The zero-order valence-electron chi connectivity index (χ0n) is 19.1. The third-order valence-corrected chi connectivity index (χ3v) is 5.10. The predicted octanol–water partition coefficient (Wildman–Crippen LogP) is 6.75. The Balaban J connectivity index is 1.97. The highest BCUT2D eigenvalue weighted by atomic mass is 35.5. The Kier molecular flexibility index (Phi) is 8.65. The quantitative estimate of drug-likeness (QED) is 0.432. The van der Waals surface area contributed by atoms with Crippen LogP contribution in [0.3, 0.4) is 0 Å². The van der Waals surface area contributed by atoms with Crippen molar-refractivity contribution in [2.24, 2.45) is 0 Å². The Hall–Kier alpha value is -2.45. The van der Waals surface area contributed by atoms with Gasteiger partial charge in [0.25, 0.3) is 0 Å². The Labute approximate surface area is 196 Å². The summed E-state index contributed by atoms with van der Waals surface area (Å²) in [4.78, 5) is 12.0. The van der Waals surface area contributed by atoms with Crippen molar-refractivity contribution in [3.8, 4) is 11.5 Å². The first-order valence-corrected chi connectivity index (χ1v) is 10.8. The van der Waals surface area contributed by atoms with Crippen molar-refractivity contribution in [1.82, 2.24) is 5.32 Å². The molecule has 9 heteroatoms. The number of alkyl halides is 3. The fourth-order valence-electron chi connectivity index (χ4n) is 3.07. The highest BCUT2D eigenvalue weighted by Crippen LogP contribution is 2.33. The Bertz CT molecular complexity index is 959. The first kappa shape index (κ1) is 26.8. The fourth-order valence-corrected chi connectivity index (χ4v) is 3.33. The summed E-state index contributed by atoms with van der Waals surface area (Å²) < 4.78 is 49.4. The van der Waals surface area contributed by atoms with Gasteiger partial charge in [0.05, 0.1) is 17.7 Å². The minimum absolute atomic E-state index is 0.0561. The van der Waals surface area contributed by atoms with Crippen molar-refractivity contribution in [3.05, 3.63) is 58.6 Å². The second kappa shape index (κ2) is 10.7. The van der Waals surface area contributed by atoms with E-state index in [1.165, 1.54) is 12.1 Å². The van der Waals surface area contributed by atoms with Gasteiger partial charge in [-0.1, -0.05) is 23.7 Å². The van der Waals surface area contributed by atoms with Gasteiger partial charge >= 0.3 is 12.3 Å².